The summed E-state index contributed by atoms with van der Waals surface area (Å²) in [6, 6.07) is 27.7. The maximum Gasteiger partial charge on any atom is 0.215 e. The van der Waals surface area contributed by atoms with Crippen molar-refractivity contribution in [1.29, 1.82) is 0 Å². The molecule has 4 heteroatoms. The van der Waals surface area contributed by atoms with Gasteiger partial charge in [0.25, 0.3) is 0 Å². The van der Waals surface area contributed by atoms with Crippen LogP contribution in [-0.4, -0.2) is 9.38 Å². The first kappa shape index (κ1) is 15.8. The zero-order valence-corrected chi connectivity index (χ0v) is 15.5. The third-order valence-corrected chi connectivity index (χ3v) is 4.20. The molecule has 25 heavy (non-hydrogen) atoms. The van der Waals surface area contributed by atoms with Crippen LogP contribution in [0.1, 0.15) is 0 Å². The second-order valence-electron chi connectivity index (χ2n) is 5.68. The van der Waals surface area contributed by atoms with Crippen molar-refractivity contribution in [2.24, 2.45) is 0 Å². The summed E-state index contributed by atoms with van der Waals surface area (Å²) in [4.78, 5) is 4.52. The molecule has 0 spiro atoms. The number of hydrogen-bond acceptors (Lipinski definition) is 2. The van der Waals surface area contributed by atoms with E-state index in [1.165, 1.54) is 5.56 Å². The van der Waals surface area contributed by atoms with Crippen LogP contribution in [-0.2, 0) is 20.1 Å². The van der Waals surface area contributed by atoms with Gasteiger partial charge < -0.3 is 8.82 Å². The number of aromatic nitrogens is 2. The average molecular weight is 502 g/mol. The van der Waals surface area contributed by atoms with Crippen molar-refractivity contribution < 1.29 is 24.5 Å². The van der Waals surface area contributed by atoms with Crippen molar-refractivity contribution in [1.82, 2.24) is 9.38 Å². The largest absolute Gasteiger partial charge is 0.437 e. The fraction of sp³-hybridized carbons (Fsp3) is 0. The second-order valence-corrected chi connectivity index (χ2v) is 5.68. The van der Waals surface area contributed by atoms with Gasteiger partial charge in [-0.25, -0.2) is 0 Å². The van der Waals surface area contributed by atoms with Crippen molar-refractivity contribution in [2.75, 3.05) is 0 Å². The summed E-state index contributed by atoms with van der Waals surface area (Å²) in [6.07, 6.45) is 1.76. The van der Waals surface area contributed by atoms with Crippen LogP contribution in [0.25, 0.3) is 39.3 Å². The maximum atomic E-state index is 5.93. The summed E-state index contributed by atoms with van der Waals surface area (Å²) in [5.74, 6) is 0.842. The Labute approximate surface area is 158 Å². The molecule has 0 unspecified atom stereocenters. The van der Waals surface area contributed by atoms with Crippen LogP contribution in [0, 0.1) is 6.07 Å². The van der Waals surface area contributed by atoms with E-state index in [4.69, 9.17) is 4.42 Å². The molecule has 0 amide bonds. The molecule has 0 N–H and O–H groups in total. The molecule has 5 rings (SSSR count). The van der Waals surface area contributed by atoms with E-state index in [1.807, 2.05) is 52.9 Å². The van der Waals surface area contributed by atoms with Gasteiger partial charge in [-0.05, 0) is 23.3 Å². The summed E-state index contributed by atoms with van der Waals surface area (Å²) >= 11 is 0. The summed E-state index contributed by atoms with van der Waals surface area (Å²) < 4.78 is 7.98. The zero-order valence-electron chi connectivity index (χ0n) is 13.1. The third kappa shape index (κ3) is 2.60. The minimum atomic E-state index is 0. The molecule has 3 aromatic carbocycles. The first-order valence-corrected chi connectivity index (χ1v) is 7.83. The van der Waals surface area contributed by atoms with E-state index in [0.717, 1.165) is 33.8 Å². The summed E-state index contributed by atoms with van der Waals surface area (Å²) in [5.41, 5.74) is 5.89. The van der Waals surface area contributed by atoms with Crippen molar-refractivity contribution in [3.8, 4) is 22.5 Å². The number of benzene rings is 3. The van der Waals surface area contributed by atoms with Gasteiger partial charge in [0.1, 0.15) is 0 Å². The second kappa shape index (κ2) is 6.32. The Kier molecular flexibility index (Phi) is 4.00. The van der Waals surface area contributed by atoms with Crippen LogP contribution < -0.4 is 0 Å². The molecule has 0 saturated heterocycles. The van der Waals surface area contributed by atoms with Gasteiger partial charge in [-0.3, -0.25) is 4.98 Å². The normalized spacial score (nSPS) is 10.9. The van der Waals surface area contributed by atoms with Crippen LogP contribution in [0.2, 0.25) is 0 Å². The fourth-order valence-electron chi connectivity index (χ4n) is 3.06. The SMILES string of the molecule is [Ir].[c-]1ccccc1-c1ncc2oc3ccc(-c4ccccc4)cc3n12. The van der Waals surface area contributed by atoms with Crippen molar-refractivity contribution in [3.05, 3.63) is 85.1 Å². The van der Waals surface area contributed by atoms with Gasteiger partial charge in [0, 0.05) is 20.1 Å². The fourth-order valence-corrected chi connectivity index (χ4v) is 3.06. The van der Waals surface area contributed by atoms with Gasteiger partial charge in [-0.2, -0.15) is 0 Å². The molecule has 1 radical (unpaired) electrons. The van der Waals surface area contributed by atoms with Gasteiger partial charge in [-0.1, -0.05) is 36.4 Å². The van der Waals surface area contributed by atoms with E-state index >= 15 is 0 Å². The predicted molar refractivity (Wildman–Crippen MR) is 94.7 cm³/mol. The molecule has 2 heterocycles. The first-order chi connectivity index (χ1) is 11.9. The average Bonchev–Trinajstić information content (AvgIpc) is 3.22. The van der Waals surface area contributed by atoms with Crippen LogP contribution >= 0.6 is 0 Å². The van der Waals surface area contributed by atoms with Gasteiger partial charge in [0.15, 0.2) is 5.58 Å². The molecule has 0 aliphatic heterocycles. The van der Waals surface area contributed by atoms with Crippen molar-refractivity contribution in [2.45, 2.75) is 0 Å². The maximum absolute atomic E-state index is 5.93. The van der Waals surface area contributed by atoms with Crippen molar-refractivity contribution in [3.63, 3.8) is 0 Å². The number of nitrogens with zero attached hydrogens (tertiary/aromatic N) is 2. The van der Waals surface area contributed by atoms with Gasteiger partial charge in [0.05, 0.1) is 17.5 Å². The van der Waals surface area contributed by atoms with E-state index in [0.29, 0.717) is 0 Å². The molecule has 0 aliphatic rings. The number of fused-ring (bicyclic) bond motifs is 3. The molecular formula is C21H13IrN2O-. The third-order valence-electron chi connectivity index (χ3n) is 4.20. The molecule has 0 atom stereocenters. The molecule has 3 nitrogen and oxygen atoms in total. The molecule has 0 bridgehead atoms. The van der Waals surface area contributed by atoms with E-state index in [2.05, 4.69) is 35.3 Å². The molecule has 0 aliphatic carbocycles. The molecule has 5 aromatic rings. The van der Waals surface area contributed by atoms with Gasteiger partial charge in [-0.15, -0.1) is 35.9 Å². The Bertz CT molecular complexity index is 1140. The quantitative estimate of drug-likeness (QED) is 0.311. The number of oxazole rings is 1. The summed E-state index contributed by atoms with van der Waals surface area (Å²) in [6.45, 7) is 0. The Balaban J connectivity index is 0.00000157. The van der Waals surface area contributed by atoms with E-state index in [9.17, 15) is 0 Å². The number of hydrogen-bond donors (Lipinski definition) is 0. The monoisotopic (exact) mass is 502 g/mol. The minimum Gasteiger partial charge on any atom is -0.437 e. The van der Waals surface area contributed by atoms with Crippen LogP contribution in [0.4, 0.5) is 0 Å². The van der Waals surface area contributed by atoms with Crippen molar-refractivity contribution >= 4 is 16.8 Å². The Hall–Kier alpha value is -2.68. The molecule has 0 saturated carbocycles. The number of rotatable bonds is 2. The minimum absolute atomic E-state index is 0. The molecule has 123 valence electrons. The van der Waals surface area contributed by atoms with Crippen LogP contribution in [0.5, 0.6) is 0 Å². The Morgan fingerprint density at radius 1 is 0.880 bits per heavy atom. The standard InChI is InChI=1S/C21H13N2O.Ir/c1-3-7-15(8-4-1)17-11-12-19-18(13-17)23-20(24-19)14-22-21(23)16-9-5-2-6-10-16;/h1-9,11-14H;/q-1;. The number of imidazole rings is 1. The smallest absolute Gasteiger partial charge is 0.215 e. The topological polar surface area (TPSA) is 30.4 Å². The van der Waals surface area contributed by atoms with E-state index in [1.54, 1.807) is 6.20 Å². The molecular weight excluding hydrogens is 488 g/mol. The Morgan fingerprint density at radius 2 is 1.72 bits per heavy atom. The van der Waals surface area contributed by atoms with Gasteiger partial charge >= 0.3 is 0 Å². The first-order valence-electron chi connectivity index (χ1n) is 7.83. The summed E-state index contributed by atoms with van der Waals surface area (Å²) in [5, 5.41) is 0. The van der Waals surface area contributed by atoms with E-state index < -0.39 is 0 Å². The van der Waals surface area contributed by atoms with Gasteiger partial charge in [0.2, 0.25) is 5.71 Å². The summed E-state index contributed by atoms with van der Waals surface area (Å²) in [7, 11) is 0. The molecule has 0 fully saturated rings. The Morgan fingerprint density at radius 3 is 2.52 bits per heavy atom. The predicted octanol–water partition coefficient (Wildman–Crippen LogP) is 5.21. The van der Waals surface area contributed by atoms with Crippen LogP contribution in [0.3, 0.4) is 0 Å². The zero-order chi connectivity index (χ0) is 15.9. The molecule has 2 aromatic heterocycles. The van der Waals surface area contributed by atoms with Crippen LogP contribution in [0.15, 0.2) is 83.4 Å². The van der Waals surface area contributed by atoms with E-state index in [-0.39, 0.29) is 20.1 Å².